The zero-order chi connectivity index (χ0) is 19.0. The third-order valence-corrected chi connectivity index (χ3v) is 5.21. The minimum Gasteiger partial charge on any atom is -0.335 e. The van der Waals surface area contributed by atoms with Crippen LogP contribution in [-0.4, -0.2) is 32.1 Å². The van der Waals surface area contributed by atoms with Crippen molar-refractivity contribution in [3.05, 3.63) is 70.5 Å². The molecule has 0 bridgehead atoms. The molecule has 0 spiro atoms. The van der Waals surface area contributed by atoms with Crippen molar-refractivity contribution in [2.75, 3.05) is 6.54 Å². The molecule has 1 aliphatic rings. The predicted molar refractivity (Wildman–Crippen MR) is 101 cm³/mol. The van der Waals surface area contributed by atoms with Crippen LogP contribution in [0.4, 0.5) is 4.39 Å². The number of aryl methyl sites for hydroxylation is 1. The van der Waals surface area contributed by atoms with Crippen LogP contribution in [0.2, 0.25) is 5.02 Å². The lowest BCUT2D eigenvalue weighted by Crippen LogP contribution is -2.39. The summed E-state index contributed by atoms with van der Waals surface area (Å²) in [6, 6.07) is 8.06. The Morgan fingerprint density at radius 3 is 2.74 bits per heavy atom. The fourth-order valence-corrected chi connectivity index (χ4v) is 3.41. The van der Waals surface area contributed by atoms with E-state index in [9.17, 15) is 9.18 Å². The predicted octanol–water partition coefficient (Wildman–Crippen LogP) is 3.63. The molecule has 7 heteroatoms. The number of aromatic nitrogens is 3. The van der Waals surface area contributed by atoms with Crippen molar-refractivity contribution >= 4 is 17.5 Å². The molecule has 0 unspecified atom stereocenters. The van der Waals surface area contributed by atoms with Gasteiger partial charge in [0.2, 0.25) is 5.91 Å². The second-order valence-electron chi connectivity index (χ2n) is 6.65. The van der Waals surface area contributed by atoms with E-state index < -0.39 is 0 Å². The number of carbonyl (C=O) groups is 1. The number of rotatable bonds is 3. The Bertz CT molecular complexity index is 1000. The highest BCUT2D eigenvalue weighted by molar-refractivity contribution is 6.31. The third kappa shape index (κ3) is 3.57. The van der Waals surface area contributed by atoms with Gasteiger partial charge in [0.15, 0.2) is 0 Å². The molecule has 1 amide bonds. The Balaban J connectivity index is 1.53. The molecule has 3 aromatic rings. The third-order valence-electron chi connectivity index (χ3n) is 4.81. The second-order valence-corrected chi connectivity index (χ2v) is 7.06. The van der Waals surface area contributed by atoms with E-state index in [0.29, 0.717) is 30.4 Å². The number of hydrogen-bond donors (Lipinski definition) is 0. The molecular weight excluding hydrogens is 367 g/mol. The van der Waals surface area contributed by atoms with Gasteiger partial charge >= 0.3 is 0 Å². The molecule has 0 atom stereocenters. The fourth-order valence-electron chi connectivity index (χ4n) is 3.23. The van der Waals surface area contributed by atoms with Crippen molar-refractivity contribution in [3.63, 3.8) is 0 Å². The highest BCUT2D eigenvalue weighted by Crippen LogP contribution is 2.27. The molecule has 27 heavy (non-hydrogen) atoms. The monoisotopic (exact) mass is 384 g/mol. The van der Waals surface area contributed by atoms with Crippen LogP contribution in [-0.2, 0) is 24.3 Å². The van der Waals surface area contributed by atoms with E-state index in [0.717, 1.165) is 22.4 Å². The molecule has 0 aliphatic carbocycles. The van der Waals surface area contributed by atoms with Crippen molar-refractivity contribution in [2.45, 2.75) is 26.4 Å². The topological polar surface area (TPSA) is 51.0 Å². The Kier molecular flexibility index (Phi) is 4.66. The number of carbonyl (C=O) groups excluding carboxylic acids is 1. The molecular formula is C20H18ClFN4O. The van der Waals surface area contributed by atoms with Gasteiger partial charge in [-0.15, -0.1) is 0 Å². The minimum atomic E-state index is -0.277. The van der Waals surface area contributed by atoms with Gasteiger partial charge in [-0.05, 0) is 36.2 Å². The average Bonchev–Trinajstić information content (AvgIpc) is 3.08. The first-order valence-electron chi connectivity index (χ1n) is 8.70. The number of pyridine rings is 1. The van der Waals surface area contributed by atoms with Crippen LogP contribution in [0.1, 0.15) is 17.0 Å². The Morgan fingerprint density at radius 2 is 2.00 bits per heavy atom. The van der Waals surface area contributed by atoms with Gasteiger partial charge in [-0.25, -0.2) is 4.39 Å². The molecule has 0 saturated carbocycles. The summed E-state index contributed by atoms with van der Waals surface area (Å²) < 4.78 is 15.1. The summed E-state index contributed by atoms with van der Waals surface area (Å²) in [7, 11) is 0. The molecule has 5 nitrogen and oxygen atoms in total. The standard InChI is InChI=1S/C20H18ClFN4O/c1-13-10-23-16(8-18(13)21)9-20(27)25-6-7-26-19(12-25)17(11-24-26)14-2-4-15(22)5-3-14/h2-5,8,10-11H,6-7,9,12H2,1H3. The number of nitrogens with zero attached hydrogens (tertiary/aromatic N) is 4. The van der Waals surface area contributed by atoms with Gasteiger partial charge in [-0.1, -0.05) is 23.7 Å². The molecule has 2 aromatic heterocycles. The molecule has 0 saturated heterocycles. The molecule has 3 heterocycles. The van der Waals surface area contributed by atoms with Crippen molar-refractivity contribution in [3.8, 4) is 11.1 Å². The summed E-state index contributed by atoms with van der Waals surface area (Å²) in [6.45, 7) is 3.56. The molecule has 1 aromatic carbocycles. The first-order chi connectivity index (χ1) is 13.0. The number of benzene rings is 1. The van der Waals surface area contributed by atoms with Crippen LogP contribution in [0.5, 0.6) is 0 Å². The second kappa shape index (κ2) is 7.12. The number of hydrogen-bond acceptors (Lipinski definition) is 3. The minimum absolute atomic E-state index is 0.0000687. The number of fused-ring (bicyclic) bond motifs is 1. The summed E-state index contributed by atoms with van der Waals surface area (Å²) in [5.41, 5.74) is 4.31. The van der Waals surface area contributed by atoms with Crippen LogP contribution in [0.15, 0.2) is 42.7 Å². The zero-order valence-corrected chi connectivity index (χ0v) is 15.6. The van der Waals surface area contributed by atoms with Crippen molar-refractivity contribution in [1.29, 1.82) is 0 Å². The van der Waals surface area contributed by atoms with E-state index in [4.69, 9.17) is 11.6 Å². The van der Waals surface area contributed by atoms with Gasteiger partial charge in [-0.2, -0.15) is 5.10 Å². The van der Waals surface area contributed by atoms with E-state index in [-0.39, 0.29) is 18.1 Å². The first-order valence-corrected chi connectivity index (χ1v) is 9.08. The lowest BCUT2D eigenvalue weighted by Gasteiger charge is -2.28. The van der Waals surface area contributed by atoms with Gasteiger partial charge in [0, 0.05) is 23.3 Å². The van der Waals surface area contributed by atoms with Crippen LogP contribution < -0.4 is 0 Å². The van der Waals surface area contributed by atoms with Crippen LogP contribution in [0.25, 0.3) is 11.1 Å². The van der Waals surface area contributed by atoms with E-state index in [1.165, 1.54) is 12.1 Å². The highest BCUT2D eigenvalue weighted by atomic mass is 35.5. The molecule has 0 radical (unpaired) electrons. The first kappa shape index (κ1) is 17.7. The summed E-state index contributed by atoms with van der Waals surface area (Å²) in [4.78, 5) is 18.9. The smallest absolute Gasteiger partial charge is 0.229 e. The van der Waals surface area contributed by atoms with Crippen LogP contribution in [0.3, 0.4) is 0 Å². The fraction of sp³-hybridized carbons (Fsp3) is 0.250. The maximum Gasteiger partial charge on any atom is 0.229 e. The summed E-state index contributed by atoms with van der Waals surface area (Å²) in [6.07, 6.45) is 3.67. The Morgan fingerprint density at radius 1 is 1.22 bits per heavy atom. The summed E-state index contributed by atoms with van der Waals surface area (Å²) >= 11 is 6.13. The van der Waals surface area contributed by atoms with E-state index in [2.05, 4.69) is 10.1 Å². The SMILES string of the molecule is Cc1cnc(CC(=O)N2CCn3ncc(-c4ccc(F)cc4)c3C2)cc1Cl. The van der Waals surface area contributed by atoms with Crippen LogP contribution >= 0.6 is 11.6 Å². The summed E-state index contributed by atoms with van der Waals surface area (Å²) in [5, 5.41) is 5.02. The van der Waals surface area contributed by atoms with Crippen molar-refractivity contribution < 1.29 is 9.18 Å². The van der Waals surface area contributed by atoms with E-state index in [1.807, 2.05) is 11.6 Å². The lowest BCUT2D eigenvalue weighted by atomic mass is 10.1. The molecule has 0 N–H and O–H groups in total. The normalized spacial score (nSPS) is 13.5. The van der Waals surface area contributed by atoms with Gasteiger partial charge in [0.1, 0.15) is 5.82 Å². The van der Waals surface area contributed by atoms with Gasteiger partial charge < -0.3 is 4.90 Å². The number of halogens is 2. The van der Waals surface area contributed by atoms with Crippen LogP contribution in [0, 0.1) is 12.7 Å². The molecule has 4 rings (SSSR count). The number of amides is 1. The van der Waals surface area contributed by atoms with E-state index in [1.54, 1.807) is 35.5 Å². The Labute approximate surface area is 161 Å². The lowest BCUT2D eigenvalue weighted by molar-refractivity contribution is -0.132. The maximum absolute atomic E-state index is 13.2. The molecule has 1 aliphatic heterocycles. The molecule has 0 fully saturated rings. The van der Waals surface area contributed by atoms with Gasteiger partial charge in [0.05, 0.1) is 37.1 Å². The van der Waals surface area contributed by atoms with Crippen molar-refractivity contribution in [1.82, 2.24) is 19.7 Å². The highest BCUT2D eigenvalue weighted by Gasteiger charge is 2.24. The summed E-state index contributed by atoms with van der Waals surface area (Å²) in [5.74, 6) is -0.277. The molecule has 138 valence electrons. The van der Waals surface area contributed by atoms with E-state index >= 15 is 0 Å². The maximum atomic E-state index is 13.2. The quantitative estimate of drug-likeness (QED) is 0.692. The van der Waals surface area contributed by atoms with Gasteiger partial charge in [0.25, 0.3) is 0 Å². The largest absolute Gasteiger partial charge is 0.335 e. The van der Waals surface area contributed by atoms with Crippen molar-refractivity contribution in [2.24, 2.45) is 0 Å². The zero-order valence-electron chi connectivity index (χ0n) is 14.8. The average molecular weight is 385 g/mol. The van der Waals surface area contributed by atoms with Gasteiger partial charge in [-0.3, -0.25) is 14.5 Å². The Hall–Kier alpha value is -2.73.